The molecule has 0 fully saturated rings. The van der Waals surface area contributed by atoms with E-state index in [0.29, 0.717) is 17.0 Å². The molecule has 0 amide bonds. The number of H-pyrrole nitrogens is 1. The number of hydrogen-bond donors (Lipinski definition) is 2. The van der Waals surface area contributed by atoms with Crippen molar-refractivity contribution in [2.24, 2.45) is 0 Å². The molecule has 0 bridgehead atoms. The molecule has 25 heavy (non-hydrogen) atoms. The second kappa shape index (κ2) is 6.84. The minimum atomic E-state index is -0.581. The first-order chi connectivity index (χ1) is 12.1. The van der Waals surface area contributed by atoms with Crippen LogP contribution in [0.15, 0.2) is 53.3 Å². The van der Waals surface area contributed by atoms with Crippen LogP contribution < -0.4 is 15.6 Å². The number of aromatic amines is 1. The fraction of sp³-hybridized carbons (Fsp3) is 0.0556. The van der Waals surface area contributed by atoms with E-state index in [1.807, 2.05) is 6.07 Å². The molecule has 0 radical (unpaired) electrons. The molecule has 1 heterocycles. The summed E-state index contributed by atoms with van der Waals surface area (Å²) >= 11 is 0. The topological polar surface area (TPSA) is 90.8 Å². The lowest BCUT2D eigenvalue weighted by Gasteiger charge is -2.09. The molecule has 6 nitrogen and oxygen atoms in total. The average Bonchev–Trinajstić information content (AvgIpc) is 2.61. The van der Waals surface area contributed by atoms with Gasteiger partial charge in [0.2, 0.25) is 5.95 Å². The Balaban J connectivity index is 2.06. The fourth-order valence-electron chi connectivity index (χ4n) is 2.30. The van der Waals surface area contributed by atoms with E-state index in [2.05, 4.69) is 15.3 Å². The predicted octanol–water partition coefficient (Wildman–Crippen LogP) is 3.20. The highest BCUT2D eigenvalue weighted by atomic mass is 19.1. The zero-order valence-electron chi connectivity index (χ0n) is 13.2. The number of nitrogens with zero attached hydrogens (tertiary/aromatic N) is 2. The van der Waals surface area contributed by atoms with Crippen LogP contribution in [0.4, 0.5) is 16.0 Å². The minimum absolute atomic E-state index is 0.102. The Hall–Kier alpha value is -3.66. The highest BCUT2D eigenvalue weighted by Crippen LogP contribution is 2.23. The molecular weight excluding hydrogens is 323 g/mol. The second-order valence-electron chi connectivity index (χ2n) is 5.11. The van der Waals surface area contributed by atoms with E-state index < -0.39 is 11.4 Å². The third kappa shape index (κ3) is 3.48. The Bertz CT molecular complexity index is 1010. The van der Waals surface area contributed by atoms with E-state index in [4.69, 9.17) is 4.74 Å². The van der Waals surface area contributed by atoms with E-state index >= 15 is 0 Å². The predicted molar refractivity (Wildman–Crippen MR) is 91.2 cm³/mol. The zero-order valence-corrected chi connectivity index (χ0v) is 13.2. The normalized spacial score (nSPS) is 10.1. The first kappa shape index (κ1) is 16.2. The van der Waals surface area contributed by atoms with E-state index in [1.165, 1.54) is 18.2 Å². The van der Waals surface area contributed by atoms with Crippen molar-refractivity contribution in [3.63, 3.8) is 0 Å². The maximum Gasteiger partial charge on any atom is 0.270 e. The van der Waals surface area contributed by atoms with E-state index in [0.717, 1.165) is 0 Å². The Labute approximate surface area is 142 Å². The Morgan fingerprint density at radius 3 is 2.64 bits per heavy atom. The van der Waals surface area contributed by atoms with Crippen molar-refractivity contribution in [3.8, 4) is 23.1 Å². The number of nitriles is 1. The number of nitrogens with one attached hydrogen (secondary N) is 2. The summed E-state index contributed by atoms with van der Waals surface area (Å²) in [6.07, 6.45) is 0. The highest BCUT2D eigenvalue weighted by molar-refractivity contribution is 5.68. The van der Waals surface area contributed by atoms with Crippen molar-refractivity contribution in [1.82, 2.24) is 9.97 Å². The molecule has 0 atom stereocenters. The van der Waals surface area contributed by atoms with Crippen molar-refractivity contribution >= 4 is 11.6 Å². The summed E-state index contributed by atoms with van der Waals surface area (Å²) in [7, 11) is 1.54. The third-order valence-electron chi connectivity index (χ3n) is 3.48. The van der Waals surface area contributed by atoms with Gasteiger partial charge in [-0.3, -0.25) is 9.78 Å². The van der Waals surface area contributed by atoms with Gasteiger partial charge in [-0.2, -0.15) is 5.26 Å². The molecule has 1 aromatic heterocycles. The fourth-order valence-corrected chi connectivity index (χ4v) is 2.30. The summed E-state index contributed by atoms with van der Waals surface area (Å²) < 4.78 is 18.4. The SMILES string of the molecule is COc1ccc(-c2nc(Nc3cccc(F)c3)[nH]c(=O)c2C#N)cc1. The second-order valence-corrected chi connectivity index (χ2v) is 5.11. The van der Waals surface area contributed by atoms with Crippen LogP contribution >= 0.6 is 0 Å². The van der Waals surface area contributed by atoms with Gasteiger partial charge in [-0.15, -0.1) is 0 Å². The molecule has 3 rings (SSSR count). The van der Waals surface area contributed by atoms with Gasteiger partial charge in [0.25, 0.3) is 5.56 Å². The summed E-state index contributed by atoms with van der Waals surface area (Å²) in [5.41, 5.74) is 0.560. The Morgan fingerprint density at radius 1 is 1.24 bits per heavy atom. The molecule has 0 spiro atoms. The van der Waals surface area contributed by atoms with Crippen LogP contribution in [-0.4, -0.2) is 17.1 Å². The summed E-state index contributed by atoms with van der Waals surface area (Å²) in [4.78, 5) is 19.0. The van der Waals surface area contributed by atoms with Crippen LogP contribution in [-0.2, 0) is 0 Å². The minimum Gasteiger partial charge on any atom is -0.497 e. The van der Waals surface area contributed by atoms with E-state index in [-0.39, 0.29) is 17.2 Å². The molecule has 0 unspecified atom stereocenters. The maximum atomic E-state index is 13.3. The molecular formula is C18H13FN4O2. The lowest BCUT2D eigenvalue weighted by atomic mass is 10.1. The summed E-state index contributed by atoms with van der Waals surface area (Å²) in [5, 5.41) is 12.1. The third-order valence-corrected chi connectivity index (χ3v) is 3.48. The number of hydrogen-bond acceptors (Lipinski definition) is 5. The lowest BCUT2D eigenvalue weighted by molar-refractivity contribution is 0.415. The molecule has 2 N–H and O–H groups in total. The number of anilines is 2. The van der Waals surface area contributed by atoms with Crippen molar-refractivity contribution in [2.45, 2.75) is 0 Å². The number of rotatable bonds is 4. The van der Waals surface area contributed by atoms with Crippen LogP contribution in [0, 0.1) is 17.1 Å². The first-order valence-corrected chi connectivity index (χ1v) is 7.32. The molecule has 124 valence electrons. The number of benzene rings is 2. The molecule has 0 aliphatic heterocycles. The standard InChI is InChI=1S/C18H13FN4O2/c1-25-14-7-5-11(6-8-14)16-15(10-20)17(24)23-18(22-16)21-13-4-2-3-12(19)9-13/h2-9H,1H3,(H2,21,22,23,24). The van der Waals surface area contributed by atoms with E-state index in [1.54, 1.807) is 37.4 Å². The van der Waals surface area contributed by atoms with Crippen LogP contribution in [0.25, 0.3) is 11.3 Å². The number of methoxy groups -OCH3 is 1. The van der Waals surface area contributed by atoms with Gasteiger partial charge in [0.1, 0.15) is 23.2 Å². The van der Waals surface area contributed by atoms with Crippen molar-refractivity contribution in [2.75, 3.05) is 12.4 Å². The molecule has 3 aromatic rings. The van der Waals surface area contributed by atoms with Gasteiger partial charge >= 0.3 is 0 Å². The van der Waals surface area contributed by atoms with Crippen molar-refractivity contribution < 1.29 is 9.13 Å². The number of halogens is 1. The zero-order chi connectivity index (χ0) is 17.8. The molecule has 7 heteroatoms. The van der Waals surface area contributed by atoms with Gasteiger partial charge in [-0.05, 0) is 42.5 Å². The van der Waals surface area contributed by atoms with Crippen LogP contribution in [0.3, 0.4) is 0 Å². The van der Waals surface area contributed by atoms with E-state index in [9.17, 15) is 14.4 Å². The number of ether oxygens (including phenoxy) is 1. The number of aromatic nitrogens is 2. The Morgan fingerprint density at radius 2 is 2.00 bits per heavy atom. The average molecular weight is 336 g/mol. The monoisotopic (exact) mass is 336 g/mol. The van der Waals surface area contributed by atoms with Crippen LogP contribution in [0.5, 0.6) is 5.75 Å². The molecule has 2 aromatic carbocycles. The first-order valence-electron chi connectivity index (χ1n) is 7.32. The van der Waals surface area contributed by atoms with Gasteiger partial charge < -0.3 is 10.1 Å². The molecule has 0 saturated carbocycles. The summed E-state index contributed by atoms with van der Waals surface area (Å²) in [6, 6.07) is 14.4. The maximum absolute atomic E-state index is 13.3. The van der Waals surface area contributed by atoms with Gasteiger partial charge in [0, 0.05) is 11.3 Å². The smallest absolute Gasteiger partial charge is 0.270 e. The Kier molecular flexibility index (Phi) is 4.44. The lowest BCUT2D eigenvalue weighted by Crippen LogP contribution is -2.16. The summed E-state index contributed by atoms with van der Waals surface area (Å²) in [5.74, 6) is 0.335. The van der Waals surface area contributed by atoms with Gasteiger partial charge in [-0.25, -0.2) is 9.37 Å². The van der Waals surface area contributed by atoms with Gasteiger partial charge in [-0.1, -0.05) is 6.07 Å². The molecule has 0 saturated heterocycles. The van der Waals surface area contributed by atoms with Gasteiger partial charge in [0.05, 0.1) is 12.8 Å². The largest absolute Gasteiger partial charge is 0.497 e. The summed E-state index contributed by atoms with van der Waals surface area (Å²) in [6.45, 7) is 0. The quantitative estimate of drug-likeness (QED) is 0.763. The van der Waals surface area contributed by atoms with Crippen LogP contribution in [0.2, 0.25) is 0 Å². The molecule has 0 aliphatic rings. The van der Waals surface area contributed by atoms with Crippen LogP contribution in [0.1, 0.15) is 5.56 Å². The highest BCUT2D eigenvalue weighted by Gasteiger charge is 2.13. The van der Waals surface area contributed by atoms with Crippen molar-refractivity contribution in [3.05, 3.63) is 70.3 Å². The molecule has 0 aliphatic carbocycles. The van der Waals surface area contributed by atoms with Crippen molar-refractivity contribution in [1.29, 1.82) is 5.26 Å². The van der Waals surface area contributed by atoms with Gasteiger partial charge in [0.15, 0.2) is 0 Å².